The molecule has 4 aromatic rings. The summed E-state index contributed by atoms with van der Waals surface area (Å²) in [6, 6.07) is 24.1. The zero-order chi connectivity index (χ0) is 26.3. The molecular weight excluding hydrogens is 492 g/mol. The van der Waals surface area contributed by atoms with Crippen LogP contribution in [0, 0.1) is 0 Å². The van der Waals surface area contributed by atoms with E-state index in [2.05, 4.69) is 25.5 Å². The second kappa shape index (κ2) is 12.6. The number of carbonyl (C=O) groups is 2. The van der Waals surface area contributed by atoms with Gasteiger partial charge in [-0.1, -0.05) is 25.6 Å². The number of likely N-dealkylation sites (N-methyl/N-ethyl adjacent to an activating group) is 1. The molecule has 9 heteroatoms. The van der Waals surface area contributed by atoms with E-state index in [0.29, 0.717) is 22.8 Å². The number of benzene rings is 3. The molecule has 3 aromatic carbocycles. The number of hydrogen-bond acceptors (Lipinski definition) is 6. The molecule has 0 aliphatic carbocycles. The van der Waals surface area contributed by atoms with Crippen LogP contribution in [0.15, 0.2) is 97.5 Å². The Bertz CT molecular complexity index is 1370. The lowest BCUT2D eigenvalue weighted by Gasteiger charge is -2.25. The van der Waals surface area contributed by atoms with Crippen LogP contribution in [-0.4, -0.2) is 53.0 Å². The van der Waals surface area contributed by atoms with E-state index in [9.17, 15) is 9.59 Å². The van der Waals surface area contributed by atoms with E-state index in [-0.39, 0.29) is 25.4 Å². The van der Waals surface area contributed by atoms with Crippen LogP contribution in [0.25, 0.3) is 0 Å². The highest BCUT2D eigenvalue weighted by molar-refractivity contribution is 5.99. The van der Waals surface area contributed by atoms with Gasteiger partial charge in [0.05, 0.1) is 12.2 Å². The molecule has 5 rings (SSSR count). The maximum Gasteiger partial charge on any atom is 0.323 e. The van der Waals surface area contributed by atoms with Crippen LogP contribution in [0.5, 0.6) is 11.5 Å². The van der Waals surface area contributed by atoms with Crippen LogP contribution in [0.4, 0.5) is 21.9 Å². The van der Waals surface area contributed by atoms with Gasteiger partial charge in [-0.25, -0.2) is 9.78 Å². The van der Waals surface area contributed by atoms with Gasteiger partial charge in [0.1, 0.15) is 17.2 Å². The Morgan fingerprint density at radius 1 is 0.897 bits per heavy atom. The van der Waals surface area contributed by atoms with Gasteiger partial charge >= 0.3 is 6.03 Å². The number of ether oxygens (including phenoxy) is 1. The normalized spacial score (nSPS) is 14.2. The summed E-state index contributed by atoms with van der Waals surface area (Å²) in [5, 5.41) is 5.69. The van der Waals surface area contributed by atoms with E-state index in [1.54, 1.807) is 42.4 Å². The number of para-hydroxylation sites is 1. The second-order valence-electron chi connectivity index (χ2n) is 8.96. The molecule has 1 atom stereocenters. The Labute approximate surface area is 228 Å². The van der Waals surface area contributed by atoms with Crippen molar-refractivity contribution >= 4 is 29.0 Å². The minimum absolute atomic E-state index is 0. The first-order chi connectivity index (χ1) is 18.5. The van der Waals surface area contributed by atoms with E-state index in [1.165, 1.54) is 12.4 Å². The average Bonchev–Trinajstić information content (AvgIpc) is 3.45. The third kappa shape index (κ3) is 6.89. The molecule has 2 heterocycles. The van der Waals surface area contributed by atoms with Gasteiger partial charge in [-0.3, -0.25) is 9.78 Å². The second-order valence-corrected chi connectivity index (χ2v) is 8.96. The molecule has 0 spiro atoms. The lowest BCUT2D eigenvalue weighted by molar-refractivity contribution is 0.0738. The fourth-order valence-corrected chi connectivity index (χ4v) is 4.33. The Morgan fingerprint density at radius 2 is 1.54 bits per heavy atom. The summed E-state index contributed by atoms with van der Waals surface area (Å²) < 4.78 is 5.78. The van der Waals surface area contributed by atoms with Gasteiger partial charge < -0.3 is 25.2 Å². The molecule has 0 bridgehead atoms. The van der Waals surface area contributed by atoms with Gasteiger partial charge in [0.2, 0.25) is 0 Å². The molecular formula is C30H32N6O3. The van der Waals surface area contributed by atoms with Crippen LogP contribution in [0.1, 0.15) is 24.3 Å². The van der Waals surface area contributed by atoms with E-state index in [4.69, 9.17) is 4.74 Å². The molecule has 0 saturated carbocycles. The van der Waals surface area contributed by atoms with Crippen molar-refractivity contribution in [1.82, 2.24) is 14.9 Å². The molecule has 39 heavy (non-hydrogen) atoms. The molecule has 1 fully saturated rings. The van der Waals surface area contributed by atoms with Crippen molar-refractivity contribution in [2.24, 2.45) is 0 Å². The average molecular weight is 525 g/mol. The highest BCUT2D eigenvalue weighted by Gasteiger charge is 2.29. The predicted molar refractivity (Wildman–Crippen MR) is 154 cm³/mol. The number of rotatable bonds is 7. The Balaban J connectivity index is 0.00000353. The highest BCUT2D eigenvalue weighted by atomic mass is 16.5. The van der Waals surface area contributed by atoms with Gasteiger partial charge in [0.15, 0.2) is 0 Å². The van der Waals surface area contributed by atoms with E-state index in [0.717, 1.165) is 30.9 Å². The molecule has 1 aromatic heterocycles. The first-order valence-electron chi connectivity index (χ1n) is 12.3. The van der Waals surface area contributed by atoms with Crippen molar-refractivity contribution in [3.8, 4) is 11.5 Å². The van der Waals surface area contributed by atoms with Crippen molar-refractivity contribution in [2.75, 3.05) is 35.7 Å². The summed E-state index contributed by atoms with van der Waals surface area (Å²) in [5.74, 6) is 1.31. The predicted octanol–water partition coefficient (Wildman–Crippen LogP) is 5.90. The number of hydrogen-bond donors (Lipinski definition) is 2. The monoisotopic (exact) mass is 524 g/mol. The van der Waals surface area contributed by atoms with Gasteiger partial charge in [-0.05, 0) is 67.1 Å². The zero-order valence-corrected chi connectivity index (χ0v) is 20.9. The first-order valence-corrected chi connectivity index (χ1v) is 12.3. The Hall–Kier alpha value is -4.92. The summed E-state index contributed by atoms with van der Waals surface area (Å²) in [7, 11) is 1.81. The van der Waals surface area contributed by atoms with E-state index >= 15 is 0 Å². The molecule has 1 saturated heterocycles. The molecule has 3 amide bonds. The minimum atomic E-state index is -0.333. The summed E-state index contributed by atoms with van der Waals surface area (Å²) in [6.07, 6.45) is 5.43. The van der Waals surface area contributed by atoms with Crippen molar-refractivity contribution in [3.05, 3.63) is 103 Å². The summed E-state index contributed by atoms with van der Waals surface area (Å²) in [4.78, 5) is 37.3. The first kappa shape index (κ1) is 27.1. The van der Waals surface area contributed by atoms with E-state index in [1.807, 2.05) is 54.6 Å². The fraction of sp³-hybridized carbons (Fsp3) is 0.200. The lowest BCUT2D eigenvalue weighted by atomic mass is 10.2. The summed E-state index contributed by atoms with van der Waals surface area (Å²) in [5.41, 5.74) is 2.72. The summed E-state index contributed by atoms with van der Waals surface area (Å²) >= 11 is 0. The largest absolute Gasteiger partial charge is 0.457 e. The molecule has 9 nitrogen and oxygen atoms in total. The highest BCUT2D eigenvalue weighted by Crippen LogP contribution is 2.26. The van der Waals surface area contributed by atoms with Crippen LogP contribution < -0.4 is 20.3 Å². The van der Waals surface area contributed by atoms with Crippen LogP contribution >= 0.6 is 0 Å². The third-order valence-corrected chi connectivity index (χ3v) is 6.40. The van der Waals surface area contributed by atoms with Crippen molar-refractivity contribution in [3.63, 3.8) is 0 Å². The van der Waals surface area contributed by atoms with Gasteiger partial charge in [0, 0.05) is 49.6 Å². The number of carbonyl (C=O) groups excluding carboxylic acids is 2. The Kier molecular flexibility index (Phi) is 8.73. The summed E-state index contributed by atoms with van der Waals surface area (Å²) in [6.45, 7) is 1.56. The maximum atomic E-state index is 12.7. The van der Waals surface area contributed by atoms with Crippen LogP contribution in [0.3, 0.4) is 0 Å². The van der Waals surface area contributed by atoms with Gasteiger partial charge in [-0.2, -0.15) is 0 Å². The molecule has 1 aliphatic heterocycles. The third-order valence-electron chi connectivity index (χ3n) is 6.40. The molecule has 200 valence electrons. The van der Waals surface area contributed by atoms with Crippen molar-refractivity contribution in [1.29, 1.82) is 0 Å². The quantitative estimate of drug-likeness (QED) is 0.312. The van der Waals surface area contributed by atoms with Crippen molar-refractivity contribution in [2.45, 2.75) is 19.9 Å². The molecule has 0 radical (unpaired) electrons. The number of amides is 3. The number of urea groups is 1. The van der Waals surface area contributed by atoms with Gasteiger partial charge in [-0.15, -0.1) is 0 Å². The Morgan fingerprint density at radius 3 is 2.18 bits per heavy atom. The maximum absolute atomic E-state index is 12.7. The number of nitrogens with zero attached hydrogens (tertiary/aromatic N) is 4. The number of aromatic nitrogens is 2. The van der Waals surface area contributed by atoms with Crippen molar-refractivity contribution < 1.29 is 14.3 Å². The lowest BCUT2D eigenvalue weighted by Crippen LogP contribution is -2.39. The van der Waals surface area contributed by atoms with Crippen LogP contribution in [0.2, 0.25) is 0 Å². The molecule has 2 N–H and O–H groups in total. The number of nitrogens with one attached hydrogen (secondary N) is 2. The number of anilines is 3. The van der Waals surface area contributed by atoms with E-state index < -0.39 is 0 Å². The minimum Gasteiger partial charge on any atom is -0.457 e. The molecule has 1 unspecified atom stereocenters. The SMILES string of the molecule is C.CN(C(=O)c1cnccn1)C1CCN(c2ccc(NC(=O)Nc3ccc(Oc4ccccc4)cc3)cc2)C1. The smallest absolute Gasteiger partial charge is 0.323 e. The standard InChI is InChI=1S/C29H28N6O3.CH4/c1-34(28(36)27-19-30-16-17-31-27)24-15-18-35(20-24)23-11-7-21(8-12-23)32-29(37)33-22-9-13-26(14-10-22)38-25-5-3-2-4-6-25;/h2-14,16-17,19,24H,15,18,20H2,1H3,(H2,32,33,37);1H4. The van der Waals surface area contributed by atoms with Gasteiger partial charge in [0.25, 0.3) is 5.91 Å². The molecule has 1 aliphatic rings. The zero-order valence-electron chi connectivity index (χ0n) is 20.9. The topological polar surface area (TPSA) is 99.7 Å². The van der Waals surface area contributed by atoms with Crippen LogP contribution in [-0.2, 0) is 0 Å². The fourth-order valence-electron chi connectivity index (χ4n) is 4.33.